The first-order valence-electron chi connectivity index (χ1n) is 11.2. The summed E-state index contributed by atoms with van der Waals surface area (Å²) >= 11 is 0. The molecule has 0 saturated carbocycles. The highest BCUT2D eigenvalue weighted by atomic mass is 16.2. The molecular weight excluding hydrogens is 412 g/mol. The zero-order valence-corrected chi connectivity index (χ0v) is 18.9. The van der Waals surface area contributed by atoms with Crippen LogP contribution in [0.5, 0.6) is 0 Å². The summed E-state index contributed by atoms with van der Waals surface area (Å²) in [6, 6.07) is 21.8. The van der Waals surface area contributed by atoms with Gasteiger partial charge in [-0.2, -0.15) is 5.10 Å². The van der Waals surface area contributed by atoms with Crippen LogP contribution in [0.25, 0.3) is 0 Å². The number of carbonyl (C=O) groups excluding carboxylic acids is 2. The second-order valence-corrected chi connectivity index (χ2v) is 8.22. The molecule has 0 atom stereocenters. The predicted molar refractivity (Wildman–Crippen MR) is 128 cm³/mol. The number of hydrogen-bond acceptors (Lipinski definition) is 4. The summed E-state index contributed by atoms with van der Waals surface area (Å²) in [5.41, 5.74) is 5.13. The lowest BCUT2D eigenvalue weighted by atomic mass is 10.1. The fraction of sp³-hybridized carbons (Fsp3) is 0.259. The summed E-state index contributed by atoms with van der Waals surface area (Å²) in [5.74, 6) is -0.173. The van der Waals surface area contributed by atoms with Crippen LogP contribution in [0.4, 0.5) is 0 Å². The maximum atomic E-state index is 13.2. The third kappa shape index (κ3) is 5.92. The van der Waals surface area contributed by atoms with Crippen LogP contribution in [0.2, 0.25) is 0 Å². The molecule has 0 saturated heterocycles. The maximum Gasteiger partial charge on any atom is 0.243 e. The normalized spacial score (nSPS) is 13.0. The highest BCUT2D eigenvalue weighted by molar-refractivity contribution is 6.02. The van der Waals surface area contributed by atoms with Crippen molar-refractivity contribution in [1.29, 1.82) is 0 Å². The molecule has 0 radical (unpaired) electrons. The van der Waals surface area contributed by atoms with E-state index in [-0.39, 0.29) is 24.7 Å². The Labute approximate surface area is 194 Å². The molecule has 4 rings (SSSR count). The third-order valence-corrected chi connectivity index (χ3v) is 5.82. The van der Waals surface area contributed by atoms with Gasteiger partial charge in [0.15, 0.2) is 0 Å². The minimum Gasteiger partial charge on any atom is -0.334 e. The maximum absolute atomic E-state index is 13.2. The molecule has 2 heterocycles. The van der Waals surface area contributed by atoms with E-state index in [0.29, 0.717) is 19.6 Å². The van der Waals surface area contributed by atoms with Gasteiger partial charge in [0.1, 0.15) is 0 Å². The Morgan fingerprint density at radius 1 is 0.939 bits per heavy atom. The van der Waals surface area contributed by atoms with Crippen LogP contribution in [0.15, 0.2) is 84.2 Å². The molecule has 0 aliphatic carbocycles. The molecule has 0 unspecified atom stereocenters. The molecule has 0 fully saturated rings. The Morgan fingerprint density at radius 3 is 2.48 bits per heavy atom. The van der Waals surface area contributed by atoms with Crippen LogP contribution in [-0.2, 0) is 22.7 Å². The largest absolute Gasteiger partial charge is 0.334 e. The minimum atomic E-state index is -0.119. The summed E-state index contributed by atoms with van der Waals surface area (Å²) in [5, 5.41) is 6.00. The van der Waals surface area contributed by atoms with Gasteiger partial charge >= 0.3 is 0 Å². The molecule has 2 amide bonds. The van der Waals surface area contributed by atoms with Crippen molar-refractivity contribution >= 4 is 17.5 Å². The van der Waals surface area contributed by atoms with Crippen LogP contribution in [-0.4, -0.2) is 39.0 Å². The van der Waals surface area contributed by atoms with E-state index in [2.05, 4.69) is 10.1 Å². The molecule has 1 aliphatic rings. The van der Waals surface area contributed by atoms with Crippen molar-refractivity contribution in [3.05, 3.63) is 101 Å². The SMILES string of the molecule is Cc1ccccc1CN(Cc1cccnc1)C(=O)CCC(=O)N1CCC(c2ccccc2)=N1. The topological polar surface area (TPSA) is 65.9 Å². The Morgan fingerprint density at radius 2 is 1.73 bits per heavy atom. The number of pyridine rings is 1. The zero-order valence-electron chi connectivity index (χ0n) is 18.9. The second-order valence-electron chi connectivity index (χ2n) is 8.22. The molecule has 6 heteroatoms. The van der Waals surface area contributed by atoms with Gasteiger partial charge in [0.05, 0.1) is 12.3 Å². The minimum absolute atomic E-state index is 0.0538. The Hall–Kier alpha value is -3.80. The van der Waals surface area contributed by atoms with Crippen LogP contribution >= 0.6 is 0 Å². The molecule has 33 heavy (non-hydrogen) atoms. The molecular formula is C27H28N4O2. The van der Waals surface area contributed by atoms with E-state index in [0.717, 1.165) is 34.4 Å². The van der Waals surface area contributed by atoms with Crippen LogP contribution in [0.1, 0.15) is 41.5 Å². The van der Waals surface area contributed by atoms with Crippen LogP contribution in [0.3, 0.4) is 0 Å². The van der Waals surface area contributed by atoms with Crippen molar-refractivity contribution < 1.29 is 9.59 Å². The van der Waals surface area contributed by atoms with Gasteiger partial charge < -0.3 is 4.90 Å². The zero-order chi connectivity index (χ0) is 23.0. The molecule has 2 aromatic carbocycles. The first kappa shape index (κ1) is 22.4. The monoisotopic (exact) mass is 440 g/mol. The molecule has 1 aliphatic heterocycles. The number of aromatic nitrogens is 1. The van der Waals surface area contributed by atoms with E-state index >= 15 is 0 Å². The standard InChI is InChI=1S/C27H28N4O2/c1-21-8-5-6-12-24(21)20-30(19-22-9-7-16-28-18-22)26(32)13-14-27(33)31-17-15-25(29-31)23-10-3-2-4-11-23/h2-12,16,18H,13-15,17,19-20H2,1H3. The third-order valence-electron chi connectivity index (χ3n) is 5.82. The lowest BCUT2D eigenvalue weighted by Crippen LogP contribution is -2.32. The number of hydrazone groups is 1. The Kier molecular flexibility index (Phi) is 7.25. The summed E-state index contributed by atoms with van der Waals surface area (Å²) in [7, 11) is 0. The van der Waals surface area contributed by atoms with Gasteiger partial charge in [0, 0.05) is 44.7 Å². The van der Waals surface area contributed by atoms with E-state index < -0.39 is 0 Å². The van der Waals surface area contributed by atoms with Gasteiger partial charge in [-0.05, 0) is 35.2 Å². The van der Waals surface area contributed by atoms with Crippen molar-refractivity contribution in [2.45, 2.75) is 39.3 Å². The van der Waals surface area contributed by atoms with Gasteiger partial charge in [-0.15, -0.1) is 0 Å². The molecule has 1 aromatic heterocycles. The van der Waals surface area contributed by atoms with Gasteiger partial charge in [-0.3, -0.25) is 14.6 Å². The van der Waals surface area contributed by atoms with Crippen molar-refractivity contribution in [3.8, 4) is 0 Å². The fourth-order valence-electron chi connectivity index (χ4n) is 3.91. The summed E-state index contributed by atoms with van der Waals surface area (Å²) in [4.78, 5) is 31.9. The molecule has 3 aromatic rings. The molecule has 0 spiro atoms. The van der Waals surface area contributed by atoms with Gasteiger partial charge in [-0.1, -0.05) is 60.7 Å². The highest BCUT2D eigenvalue weighted by Crippen LogP contribution is 2.17. The second kappa shape index (κ2) is 10.7. The quantitative estimate of drug-likeness (QED) is 0.524. The number of hydrogen-bond donors (Lipinski definition) is 0. The van der Waals surface area contributed by atoms with Crippen LogP contribution < -0.4 is 0 Å². The summed E-state index contributed by atoms with van der Waals surface area (Å²) in [6.07, 6.45) is 4.51. The molecule has 168 valence electrons. The number of amides is 2. The first-order valence-corrected chi connectivity index (χ1v) is 11.2. The van der Waals surface area contributed by atoms with E-state index in [9.17, 15) is 9.59 Å². The van der Waals surface area contributed by atoms with Crippen molar-refractivity contribution in [3.63, 3.8) is 0 Å². The van der Waals surface area contributed by atoms with Gasteiger partial charge in [0.25, 0.3) is 0 Å². The first-order chi connectivity index (χ1) is 16.1. The van der Waals surface area contributed by atoms with E-state index in [1.54, 1.807) is 17.3 Å². The smallest absolute Gasteiger partial charge is 0.243 e. The average Bonchev–Trinajstić information content (AvgIpc) is 3.35. The van der Waals surface area contributed by atoms with Crippen molar-refractivity contribution in [2.24, 2.45) is 5.10 Å². The van der Waals surface area contributed by atoms with Crippen LogP contribution in [0, 0.1) is 6.92 Å². The van der Waals surface area contributed by atoms with E-state index in [1.807, 2.05) is 73.7 Å². The van der Waals surface area contributed by atoms with Crippen molar-refractivity contribution in [1.82, 2.24) is 14.9 Å². The average molecular weight is 441 g/mol. The number of nitrogens with zero attached hydrogens (tertiary/aromatic N) is 4. The van der Waals surface area contributed by atoms with E-state index in [1.165, 1.54) is 5.01 Å². The number of aryl methyl sites for hydroxylation is 1. The summed E-state index contributed by atoms with van der Waals surface area (Å²) in [6.45, 7) is 3.55. The molecule has 6 nitrogen and oxygen atoms in total. The number of rotatable bonds is 8. The fourth-order valence-corrected chi connectivity index (χ4v) is 3.91. The number of carbonyl (C=O) groups is 2. The van der Waals surface area contributed by atoms with Gasteiger partial charge in [-0.25, -0.2) is 5.01 Å². The predicted octanol–water partition coefficient (Wildman–Crippen LogP) is 4.34. The number of benzene rings is 2. The Bertz CT molecular complexity index is 1130. The van der Waals surface area contributed by atoms with Crippen molar-refractivity contribution in [2.75, 3.05) is 6.54 Å². The molecule has 0 N–H and O–H groups in total. The molecule has 0 bridgehead atoms. The lowest BCUT2D eigenvalue weighted by molar-refractivity contribution is -0.137. The summed E-state index contributed by atoms with van der Waals surface area (Å²) < 4.78 is 0. The van der Waals surface area contributed by atoms with Gasteiger partial charge in [0.2, 0.25) is 11.8 Å². The Balaban J connectivity index is 1.40. The van der Waals surface area contributed by atoms with E-state index in [4.69, 9.17) is 0 Å². The highest BCUT2D eigenvalue weighted by Gasteiger charge is 2.23. The lowest BCUT2D eigenvalue weighted by Gasteiger charge is -2.24.